The van der Waals surface area contributed by atoms with E-state index in [2.05, 4.69) is 27.4 Å². The minimum absolute atomic E-state index is 0.315. The number of anilines is 2. The fourth-order valence-electron chi connectivity index (χ4n) is 2.19. The molecule has 7 heteroatoms. The van der Waals surface area contributed by atoms with Crippen LogP contribution in [0.1, 0.15) is 19.1 Å². The molecule has 1 N–H and O–H groups in total. The van der Waals surface area contributed by atoms with Crippen molar-refractivity contribution in [2.24, 2.45) is 0 Å². The van der Waals surface area contributed by atoms with Crippen LogP contribution in [0.3, 0.4) is 0 Å². The van der Waals surface area contributed by atoms with E-state index in [0.717, 1.165) is 28.5 Å². The molecule has 0 bridgehead atoms. The highest BCUT2D eigenvalue weighted by molar-refractivity contribution is 7.99. The van der Waals surface area contributed by atoms with Crippen LogP contribution in [0.4, 0.5) is 16.0 Å². The van der Waals surface area contributed by atoms with E-state index in [0.29, 0.717) is 17.4 Å². The van der Waals surface area contributed by atoms with E-state index in [1.807, 2.05) is 13.0 Å². The smallest absolute Gasteiger partial charge is 0.227 e. The van der Waals surface area contributed by atoms with Crippen molar-refractivity contribution >= 4 is 23.4 Å². The van der Waals surface area contributed by atoms with Crippen LogP contribution in [0.2, 0.25) is 0 Å². The molecule has 24 heavy (non-hydrogen) atoms. The SMILES string of the molecule is CCCSc1noc(C)c1-c1ccnc(Nc2cccc(F)c2)n1. The first-order valence-electron chi connectivity index (χ1n) is 7.62. The predicted molar refractivity (Wildman–Crippen MR) is 93.0 cm³/mol. The van der Waals surface area contributed by atoms with Crippen molar-refractivity contribution in [3.8, 4) is 11.3 Å². The van der Waals surface area contributed by atoms with Crippen molar-refractivity contribution in [1.29, 1.82) is 0 Å². The maximum Gasteiger partial charge on any atom is 0.227 e. The van der Waals surface area contributed by atoms with Gasteiger partial charge in [-0.15, -0.1) is 11.8 Å². The topological polar surface area (TPSA) is 63.8 Å². The van der Waals surface area contributed by atoms with Gasteiger partial charge in [0.2, 0.25) is 5.95 Å². The number of benzene rings is 1. The number of rotatable bonds is 6. The molecule has 1 aromatic carbocycles. The summed E-state index contributed by atoms with van der Waals surface area (Å²) in [7, 11) is 0. The first-order valence-corrected chi connectivity index (χ1v) is 8.61. The number of hydrogen-bond donors (Lipinski definition) is 1. The van der Waals surface area contributed by atoms with Gasteiger partial charge in [0.1, 0.15) is 16.6 Å². The van der Waals surface area contributed by atoms with Gasteiger partial charge in [0.15, 0.2) is 0 Å². The predicted octanol–water partition coefficient (Wildman–Crippen LogP) is 4.82. The summed E-state index contributed by atoms with van der Waals surface area (Å²) >= 11 is 1.64. The Morgan fingerprint density at radius 3 is 2.96 bits per heavy atom. The van der Waals surface area contributed by atoms with Gasteiger partial charge in [-0.2, -0.15) is 0 Å². The van der Waals surface area contributed by atoms with E-state index in [-0.39, 0.29) is 5.82 Å². The third-order valence-corrected chi connectivity index (χ3v) is 4.43. The van der Waals surface area contributed by atoms with Gasteiger partial charge in [0.25, 0.3) is 0 Å². The highest BCUT2D eigenvalue weighted by Gasteiger charge is 2.17. The standard InChI is InChI=1S/C17H17FN4OS/c1-3-9-24-16-15(11(2)23-22-16)14-7-8-19-17(21-14)20-13-6-4-5-12(18)10-13/h4-8,10H,3,9H2,1-2H3,(H,19,20,21). The van der Waals surface area contributed by atoms with Crippen molar-refractivity contribution in [1.82, 2.24) is 15.1 Å². The van der Waals surface area contributed by atoms with Gasteiger partial charge < -0.3 is 9.84 Å². The number of aromatic nitrogens is 3. The van der Waals surface area contributed by atoms with Crippen LogP contribution in [-0.2, 0) is 0 Å². The summed E-state index contributed by atoms with van der Waals surface area (Å²) in [6.45, 7) is 3.98. The number of hydrogen-bond acceptors (Lipinski definition) is 6. The second-order valence-corrected chi connectivity index (χ2v) is 6.25. The lowest BCUT2D eigenvalue weighted by Gasteiger charge is -2.07. The number of halogens is 1. The molecule has 0 saturated heterocycles. The summed E-state index contributed by atoms with van der Waals surface area (Å²) in [5, 5.41) is 7.95. The molecule has 2 heterocycles. The molecular formula is C17H17FN4OS. The van der Waals surface area contributed by atoms with Gasteiger partial charge in [-0.25, -0.2) is 14.4 Å². The first kappa shape index (κ1) is 16.4. The van der Waals surface area contributed by atoms with Crippen molar-refractivity contribution in [2.45, 2.75) is 25.3 Å². The average molecular weight is 344 g/mol. The highest BCUT2D eigenvalue weighted by atomic mass is 32.2. The van der Waals surface area contributed by atoms with Crippen LogP contribution >= 0.6 is 11.8 Å². The summed E-state index contributed by atoms with van der Waals surface area (Å²) in [5.41, 5.74) is 2.19. The van der Waals surface area contributed by atoms with E-state index in [1.54, 1.807) is 30.1 Å². The van der Waals surface area contributed by atoms with Crippen molar-refractivity contribution in [3.63, 3.8) is 0 Å². The summed E-state index contributed by atoms with van der Waals surface area (Å²) in [5.74, 6) is 1.75. The van der Waals surface area contributed by atoms with Crippen LogP contribution in [0.5, 0.6) is 0 Å². The van der Waals surface area contributed by atoms with Crippen LogP contribution in [0.15, 0.2) is 46.1 Å². The highest BCUT2D eigenvalue weighted by Crippen LogP contribution is 2.33. The Morgan fingerprint density at radius 1 is 1.29 bits per heavy atom. The largest absolute Gasteiger partial charge is 0.360 e. The molecule has 0 aliphatic carbocycles. The molecular weight excluding hydrogens is 327 g/mol. The van der Waals surface area contributed by atoms with Crippen LogP contribution in [0.25, 0.3) is 11.3 Å². The van der Waals surface area contributed by atoms with Gasteiger partial charge >= 0.3 is 0 Å². The van der Waals surface area contributed by atoms with Gasteiger partial charge in [0.05, 0.1) is 11.3 Å². The second kappa shape index (κ2) is 7.44. The van der Waals surface area contributed by atoms with E-state index in [4.69, 9.17) is 4.52 Å². The minimum Gasteiger partial charge on any atom is -0.360 e. The van der Waals surface area contributed by atoms with Crippen molar-refractivity contribution in [2.75, 3.05) is 11.1 Å². The second-order valence-electron chi connectivity index (χ2n) is 5.17. The zero-order valence-corrected chi connectivity index (χ0v) is 14.2. The molecule has 3 rings (SSSR count). The maximum absolute atomic E-state index is 13.3. The molecule has 0 aliphatic rings. The Morgan fingerprint density at radius 2 is 2.17 bits per heavy atom. The summed E-state index contributed by atoms with van der Waals surface area (Å²) in [4.78, 5) is 8.70. The van der Waals surface area contributed by atoms with Gasteiger partial charge in [-0.1, -0.05) is 18.1 Å². The lowest BCUT2D eigenvalue weighted by molar-refractivity contribution is 0.384. The molecule has 124 valence electrons. The normalized spacial score (nSPS) is 10.8. The van der Waals surface area contributed by atoms with Crippen LogP contribution in [-0.4, -0.2) is 20.9 Å². The minimum atomic E-state index is -0.315. The zero-order chi connectivity index (χ0) is 16.9. The Balaban J connectivity index is 1.89. The molecule has 0 atom stereocenters. The van der Waals surface area contributed by atoms with Crippen LogP contribution < -0.4 is 5.32 Å². The summed E-state index contributed by atoms with van der Waals surface area (Å²) in [6.07, 6.45) is 2.71. The van der Waals surface area contributed by atoms with Crippen molar-refractivity contribution in [3.05, 3.63) is 48.1 Å². The maximum atomic E-state index is 13.3. The lowest BCUT2D eigenvalue weighted by Crippen LogP contribution is -1.98. The van der Waals surface area contributed by atoms with E-state index >= 15 is 0 Å². The zero-order valence-electron chi connectivity index (χ0n) is 13.4. The fourth-order valence-corrected chi connectivity index (χ4v) is 3.07. The first-order chi connectivity index (χ1) is 11.7. The molecule has 0 amide bonds. The molecule has 0 aliphatic heterocycles. The van der Waals surface area contributed by atoms with Crippen molar-refractivity contribution < 1.29 is 8.91 Å². The third kappa shape index (κ3) is 3.73. The van der Waals surface area contributed by atoms with E-state index in [1.165, 1.54) is 12.1 Å². The Labute approximate surface area is 143 Å². The van der Waals surface area contributed by atoms with Gasteiger partial charge in [-0.3, -0.25) is 0 Å². The Kier molecular flexibility index (Phi) is 5.10. The molecule has 2 aromatic heterocycles. The van der Waals surface area contributed by atoms with Gasteiger partial charge in [0, 0.05) is 11.9 Å². The number of nitrogens with zero attached hydrogens (tertiary/aromatic N) is 3. The Bertz CT molecular complexity index is 837. The molecule has 5 nitrogen and oxygen atoms in total. The number of thioether (sulfide) groups is 1. The van der Waals surface area contributed by atoms with E-state index < -0.39 is 0 Å². The lowest BCUT2D eigenvalue weighted by atomic mass is 10.2. The molecule has 3 aromatic rings. The Hall–Kier alpha value is -2.41. The molecule has 0 fully saturated rings. The van der Waals surface area contributed by atoms with Gasteiger partial charge in [-0.05, 0) is 43.4 Å². The number of aryl methyl sites for hydroxylation is 1. The molecule has 0 spiro atoms. The average Bonchev–Trinajstić information content (AvgIpc) is 2.94. The molecule has 0 radical (unpaired) electrons. The molecule has 0 unspecified atom stereocenters. The number of nitrogens with one attached hydrogen (secondary N) is 1. The monoisotopic (exact) mass is 344 g/mol. The summed E-state index contributed by atoms with van der Waals surface area (Å²) < 4.78 is 18.6. The fraction of sp³-hybridized carbons (Fsp3) is 0.235. The van der Waals surface area contributed by atoms with Crippen LogP contribution in [0, 0.1) is 12.7 Å². The summed E-state index contributed by atoms with van der Waals surface area (Å²) in [6, 6.07) is 7.98. The van der Waals surface area contributed by atoms with E-state index in [9.17, 15) is 4.39 Å². The third-order valence-electron chi connectivity index (χ3n) is 3.27. The molecule has 0 saturated carbocycles. The quantitative estimate of drug-likeness (QED) is 0.647.